The number of benzene rings is 2. The monoisotopic (exact) mass is 409 g/mol. The second-order valence-electron chi connectivity index (χ2n) is 7.18. The Morgan fingerprint density at radius 3 is 2.33 bits per heavy atom. The zero-order valence-corrected chi connectivity index (χ0v) is 17.0. The van der Waals surface area contributed by atoms with Crippen molar-refractivity contribution >= 4 is 28.8 Å². The van der Waals surface area contributed by atoms with Crippen molar-refractivity contribution in [2.75, 3.05) is 18.5 Å². The number of aryl methyl sites for hydroxylation is 1. The van der Waals surface area contributed by atoms with E-state index in [0.29, 0.717) is 11.3 Å². The molecule has 0 aromatic heterocycles. The van der Waals surface area contributed by atoms with Crippen LogP contribution in [0.5, 0.6) is 0 Å². The van der Waals surface area contributed by atoms with Crippen LogP contribution in [0, 0.1) is 17.0 Å². The average molecular weight is 409 g/mol. The third-order valence-corrected chi connectivity index (χ3v) is 4.71. The zero-order valence-electron chi connectivity index (χ0n) is 17.0. The number of nitro benzene ring substituents is 1. The van der Waals surface area contributed by atoms with Gasteiger partial charge in [-0.2, -0.15) is 0 Å². The Bertz CT molecular complexity index is 1010. The standard InChI is InChI=1S/C22H23N3O5/c1-14(2)30-13-12-24-21(26)19(16-8-10-17(11-9-16)25(28)29)20(22(24)27)23-18-7-5-4-6-15(18)3/h4-11,14,23H,12-13H2,1-3H3. The molecule has 0 unspecified atom stereocenters. The van der Waals surface area contributed by atoms with Crippen molar-refractivity contribution in [3.05, 3.63) is 75.5 Å². The van der Waals surface area contributed by atoms with Crippen molar-refractivity contribution in [3.63, 3.8) is 0 Å². The number of carbonyl (C=O) groups excluding carboxylic acids is 2. The Labute approximate surface area is 174 Å². The summed E-state index contributed by atoms with van der Waals surface area (Å²) in [4.78, 5) is 37.8. The third kappa shape index (κ3) is 4.38. The highest BCUT2D eigenvalue weighted by atomic mass is 16.6. The fourth-order valence-electron chi connectivity index (χ4n) is 3.14. The molecule has 0 saturated heterocycles. The maximum atomic E-state index is 13.1. The number of nitro groups is 1. The molecule has 0 aliphatic carbocycles. The summed E-state index contributed by atoms with van der Waals surface area (Å²) >= 11 is 0. The number of imide groups is 1. The minimum absolute atomic E-state index is 0.0236. The molecular weight excluding hydrogens is 386 g/mol. The maximum absolute atomic E-state index is 13.1. The lowest BCUT2D eigenvalue weighted by molar-refractivity contribution is -0.384. The Kier molecular flexibility index (Phi) is 6.27. The van der Waals surface area contributed by atoms with Gasteiger partial charge in [0, 0.05) is 17.8 Å². The summed E-state index contributed by atoms with van der Waals surface area (Å²) in [5.74, 6) is -0.916. The summed E-state index contributed by atoms with van der Waals surface area (Å²) < 4.78 is 5.50. The molecule has 0 fully saturated rings. The van der Waals surface area contributed by atoms with Gasteiger partial charge in [0.2, 0.25) is 0 Å². The highest BCUT2D eigenvalue weighted by molar-refractivity contribution is 6.36. The number of carbonyl (C=O) groups is 2. The van der Waals surface area contributed by atoms with E-state index in [-0.39, 0.29) is 36.2 Å². The molecule has 0 spiro atoms. The molecule has 2 aromatic rings. The van der Waals surface area contributed by atoms with Crippen LogP contribution in [0.4, 0.5) is 11.4 Å². The van der Waals surface area contributed by atoms with Crippen molar-refractivity contribution in [3.8, 4) is 0 Å². The van der Waals surface area contributed by atoms with Crippen LogP contribution in [0.15, 0.2) is 54.2 Å². The van der Waals surface area contributed by atoms with E-state index in [4.69, 9.17) is 4.74 Å². The van der Waals surface area contributed by atoms with Crippen LogP contribution in [0.25, 0.3) is 5.57 Å². The molecule has 3 rings (SSSR count). The van der Waals surface area contributed by atoms with Gasteiger partial charge in [0.25, 0.3) is 17.5 Å². The van der Waals surface area contributed by atoms with Gasteiger partial charge in [-0.3, -0.25) is 24.6 Å². The van der Waals surface area contributed by atoms with Gasteiger partial charge >= 0.3 is 0 Å². The van der Waals surface area contributed by atoms with Crippen molar-refractivity contribution < 1.29 is 19.2 Å². The van der Waals surface area contributed by atoms with Crippen molar-refractivity contribution in [2.24, 2.45) is 0 Å². The summed E-state index contributed by atoms with van der Waals surface area (Å²) in [5.41, 5.74) is 2.28. The number of anilines is 1. The van der Waals surface area contributed by atoms with E-state index >= 15 is 0 Å². The van der Waals surface area contributed by atoms with Crippen LogP contribution in [0.3, 0.4) is 0 Å². The SMILES string of the molecule is Cc1ccccc1NC1=C(c2ccc([N+](=O)[O-])cc2)C(=O)N(CCOC(C)C)C1=O. The van der Waals surface area contributed by atoms with Gasteiger partial charge in [-0.1, -0.05) is 18.2 Å². The second kappa shape index (κ2) is 8.87. The summed E-state index contributed by atoms with van der Waals surface area (Å²) in [6.45, 7) is 5.98. The fourth-order valence-corrected chi connectivity index (χ4v) is 3.14. The topological polar surface area (TPSA) is 102 Å². The first-order chi connectivity index (χ1) is 14.3. The van der Waals surface area contributed by atoms with E-state index in [1.54, 1.807) is 0 Å². The van der Waals surface area contributed by atoms with E-state index in [2.05, 4.69) is 5.32 Å². The highest BCUT2D eigenvalue weighted by Crippen LogP contribution is 2.32. The van der Waals surface area contributed by atoms with Gasteiger partial charge in [0.1, 0.15) is 5.70 Å². The number of non-ortho nitro benzene ring substituents is 1. The number of nitrogens with zero attached hydrogens (tertiary/aromatic N) is 2. The average Bonchev–Trinajstić information content (AvgIpc) is 2.93. The molecule has 0 radical (unpaired) electrons. The summed E-state index contributed by atoms with van der Waals surface area (Å²) in [7, 11) is 0. The molecule has 1 aliphatic rings. The van der Waals surface area contributed by atoms with Gasteiger partial charge in [-0.15, -0.1) is 0 Å². The van der Waals surface area contributed by atoms with Crippen molar-refractivity contribution in [1.29, 1.82) is 0 Å². The van der Waals surface area contributed by atoms with E-state index in [1.165, 1.54) is 24.3 Å². The van der Waals surface area contributed by atoms with Crippen molar-refractivity contribution in [2.45, 2.75) is 26.9 Å². The molecule has 0 bridgehead atoms. The van der Waals surface area contributed by atoms with Crippen LogP contribution in [0.2, 0.25) is 0 Å². The molecule has 0 saturated carbocycles. The van der Waals surface area contributed by atoms with Crippen LogP contribution < -0.4 is 5.32 Å². The van der Waals surface area contributed by atoms with E-state index in [9.17, 15) is 19.7 Å². The Morgan fingerprint density at radius 1 is 1.07 bits per heavy atom. The molecule has 2 aromatic carbocycles. The predicted molar refractivity (Wildman–Crippen MR) is 113 cm³/mol. The van der Waals surface area contributed by atoms with E-state index in [0.717, 1.165) is 10.5 Å². The van der Waals surface area contributed by atoms with Crippen molar-refractivity contribution in [1.82, 2.24) is 4.90 Å². The molecule has 8 nitrogen and oxygen atoms in total. The normalized spacial score (nSPS) is 14.1. The van der Waals surface area contributed by atoms with E-state index < -0.39 is 16.7 Å². The van der Waals surface area contributed by atoms with E-state index in [1.807, 2.05) is 45.0 Å². The molecule has 30 heavy (non-hydrogen) atoms. The quantitative estimate of drug-likeness (QED) is 0.407. The van der Waals surface area contributed by atoms with Gasteiger partial charge in [-0.25, -0.2) is 0 Å². The molecular formula is C22H23N3O5. The largest absolute Gasteiger partial charge is 0.377 e. The Morgan fingerprint density at radius 2 is 1.73 bits per heavy atom. The molecule has 8 heteroatoms. The second-order valence-corrected chi connectivity index (χ2v) is 7.18. The molecule has 2 amide bonds. The first-order valence-corrected chi connectivity index (χ1v) is 9.59. The molecule has 0 atom stereocenters. The van der Waals surface area contributed by atoms with Crippen LogP contribution in [0.1, 0.15) is 25.0 Å². The van der Waals surface area contributed by atoms with Gasteiger partial charge in [-0.05, 0) is 50.1 Å². The molecule has 1 heterocycles. The molecule has 1 N–H and O–H groups in total. The number of ether oxygens (including phenoxy) is 1. The number of rotatable bonds is 8. The number of hydrogen-bond acceptors (Lipinski definition) is 6. The predicted octanol–water partition coefficient (Wildman–Crippen LogP) is 3.52. The number of para-hydroxylation sites is 1. The number of hydrogen-bond donors (Lipinski definition) is 1. The summed E-state index contributed by atoms with van der Waals surface area (Å²) in [5, 5.41) is 14.1. The zero-order chi connectivity index (χ0) is 21.8. The minimum Gasteiger partial charge on any atom is -0.377 e. The van der Waals surface area contributed by atoms with Crippen LogP contribution >= 0.6 is 0 Å². The summed E-state index contributed by atoms with van der Waals surface area (Å²) in [6, 6.07) is 13.0. The van der Waals surface area contributed by atoms with Gasteiger partial charge in [0.15, 0.2) is 0 Å². The Balaban J connectivity index is 1.99. The smallest absolute Gasteiger partial charge is 0.278 e. The first-order valence-electron chi connectivity index (χ1n) is 9.59. The third-order valence-electron chi connectivity index (χ3n) is 4.71. The lowest BCUT2D eigenvalue weighted by Crippen LogP contribution is -2.35. The van der Waals surface area contributed by atoms with Crippen LogP contribution in [-0.2, 0) is 14.3 Å². The number of amides is 2. The minimum atomic E-state index is -0.512. The lowest BCUT2D eigenvalue weighted by Gasteiger charge is -2.16. The molecule has 1 aliphatic heterocycles. The lowest BCUT2D eigenvalue weighted by atomic mass is 10.0. The maximum Gasteiger partial charge on any atom is 0.278 e. The first kappa shape index (κ1) is 21.2. The highest BCUT2D eigenvalue weighted by Gasteiger charge is 2.39. The number of nitrogens with one attached hydrogen (secondary N) is 1. The van der Waals surface area contributed by atoms with Gasteiger partial charge in [0.05, 0.1) is 29.8 Å². The Hall–Kier alpha value is -3.52. The van der Waals surface area contributed by atoms with Gasteiger partial charge < -0.3 is 10.1 Å². The molecule has 156 valence electrons. The fraction of sp³-hybridized carbons (Fsp3) is 0.273. The summed E-state index contributed by atoms with van der Waals surface area (Å²) in [6.07, 6.45) is -0.0236. The van der Waals surface area contributed by atoms with Crippen LogP contribution in [-0.4, -0.2) is 40.9 Å².